The Morgan fingerprint density at radius 3 is 2.36 bits per heavy atom. The Kier molecular flexibility index (Phi) is 2.74. The number of aryl methyl sites for hydroxylation is 1. The molecule has 0 aliphatic heterocycles. The zero-order valence-corrected chi connectivity index (χ0v) is 9.02. The van der Waals surface area contributed by atoms with E-state index in [1.54, 1.807) is 6.07 Å². The van der Waals surface area contributed by atoms with Gasteiger partial charge in [-0.2, -0.15) is 0 Å². The normalized spacial score (nSPS) is 11.5. The second-order valence-corrected chi connectivity index (χ2v) is 4.54. The Hall–Kier alpha value is -1.18. The van der Waals surface area contributed by atoms with Crippen LogP contribution in [0.5, 0.6) is 0 Å². The fraction of sp³-hybridized carbons (Fsp3) is 0.417. The van der Waals surface area contributed by atoms with Gasteiger partial charge >= 0.3 is 0 Å². The molecule has 0 saturated carbocycles. The molecule has 1 nitrogen and oxygen atoms in total. The molecular weight excluding hydrogens is 179 g/mol. The Labute approximate surface area is 83.9 Å². The van der Waals surface area contributed by atoms with Crippen LogP contribution in [0.1, 0.15) is 36.7 Å². The van der Waals surface area contributed by atoms with Gasteiger partial charge in [0.15, 0.2) is 5.78 Å². The van der Waals surface area contributed by atoms with Crippen molar-refractivity contribution in [1.82, 2.24) is 0 Å². The van der Waals surface area contributed by atoms with Crippen molar-refractivity contribution in [2.75, 3.05) is 0 Å². The minimum absolute atomic E-state index is 0.0190. The maximum Gasteiger partial charge on any atom is 0.168 e. The lowest BCUT2D eigenvalue weighted by Gasteiger charge is -2.17. The van der Waals surface area contributed by atoms with Crippen molar-refractivity contribution in [2.24, 2.45) is 5.41 Å². The molecule has 1 aromatic carbocycles. The summed E-state index contributed by atoms with van der Waals surface area (Å²) in [6.45, 7) is 7.32. The van der Waals surface area contributed by atoms with Gasteiger partial charge in [0.05, 0.1) is 0 Å². The van der Waals surface area contributed by atoms with E-state index in [1.807, 2.05) is 27.7 Å². The minimum Gasteiger partial charge on any atom is -0.294 e. The molecule has 14 heavy (non-hydrogen) atoms. The van der Waals surface area contributed by atoms with E-state index in [1.165, 1.54) is 12.1 Å². The van der Waals surface area contributed by atoms with Gasteiger partial charge in [0.2, 0.25) is 0 Å². The van der Waals surface area contributed by atoms with Crippen molar-refractivity contribution in [3.05, 3.63) is 35.1 Å². The SMILES string of the molecule is Cc1ccc(F)cc1C(=O)C(C)(C)C. The minimum atomic E-state index is -0.460. The molecule has 0 amide bonds. The van der Waals surface area contributed by atoms with Crippen molar-refractivity contribution in [1.29, 1.82) is 0 Å². The van der Waals surface area contributed by atoms with Crippen LogP contribution in [0.2, 0.25) is 0 Å². The molecule has 0 unspecified atom stereocenters. The van der Waals surface area contributed by atoms with Crippen molar-refractivity contribution in [3.63, 3.8) is 0 Å². The maximum absolute atomic E-state index is 12.9. The number of carbonyl (C=O) groups is 1. The van der Waals surface area contributed by atoms with Crippen LogP contribution in [-0.4, -0.2) is 5.78 Å². The second-order valence-electron chi connectivity index (χ2n) is 4.54. The van der Waals surface area contributed by atoms with E-state index >= 15 is 0 Å². The smallest absolute Gasteiger partial charge is 0.168 e. The zero-order chi connectivity index (χ0) is 10.9. The molecule has 1 aromatic rings. The molecule has 0 radical (unpaired) electrons. The van der Waals surface area contributed by atoms with Crippen LogP contribution >= 0.6 is 0 Å². The number of hydrogen-bond acceptors (Lipinski definition) is 1. The number of Topliss-reactive ketones (excluding diaryl/α,β-unsaturated/α-hetero) is 1. The highest BCUT2D eigenvalue weighted by Crippen LogP contribution is 2.23. The molecule has 0 fully saturated rings. The summed E-state index contributed by atoms with van der Waals surface area (Å²) in [7, 11) is 0. The summed E-state index contributed by atoms with van der Waals surface area (Å²) in [5.41, 5.74) is 0.849. The molecule has 0 bridgehead atoms. The molecule has 0 aliphatic carbocycles. The Morgan fingerprint density at radius 2 is 1.86 bits per heavy atom. The van der Waals surface area contributed by atoms with E-state index in [4.69, 9.17) is 0 Å². The molecule has 1 rings (SSSR count). The van der Waals surface area contributed by atoms with Gasteiger partial charge < -0.3 is 0 Å². The standard InChI is InChI=1S/C12H15FO/c1-8-5-6-9(13)7-10(8)11(14)12(2,3)4/h5-7H,1-4H3. The largest absolute Gasteiger partial charge is 0.294 e. The first-order valence-electron chi connectivity index (χ1n) is 4.63. The van der Waals surface area contributed by atoms with E-state index < -0.39 is 5.41 Å². The molecule has 76 valence electrons. The van der Waals surface area contributed by atoms with Crippen molar-refractivity contribution >= 4 is 5.78 Å². The highest BCUT2D eigenvalue weighted by Gasteiger charge is 2.24. The predicted molar refractivity (Wildman–Crippen MR) is 54.9 cm³/mol. The first-order valence-corrected chi connectivity index (χ1v) is 4.63. The third-order valence-corrected chi connectivity index (χ3v) is 2.13. The van der Waals surface area contributed by atoms with Crippen LogP contribution in [0.25, 0.3) is 0 Å². The van der Waals surface area contributed by atoms with Crippen molar-refractivity contribution in [2.45, 2.75) is 27.7 Å². The summed E-state index contributed by atoms with van der Waals surface area (Å²) < 4.78 is 12.9. The third-order valence-electron chi connectivity index (χ3n) is 2.13. The molecule has 0 saturated heterocycles. The van der Waals surface area contributed by atoms with Crippen LogP contribution in [0, 0.1) is 18.2 Å². The highest BCUT2D eigenvalue weighted by atomic mass is 19.1. The molecule has 0 N–H and O–H groups in total. The van der Waals surface area contributed by atoms with E-state index in [0.29, 0.717) is 5.56 Å². The predicted octanol–water partition coefficient (Wildman–Crippen LogP) is 3.36. The highest BCUT2D eigenvalue weighted by molar-refractivity contribution is 6.00. The van der Waals surface area contributed by atoms with Crippen LogP contribution in [0.15, 0.2) is 18.2 Å². The molecule has 0 atom stereocenters. The molecule has 0 spiro atoms. The Bertz CT molecular complexity index is 361. The molecule has 0 aromatic heterocycles. The first kappa shape index (κ1) is 10.9. The topological polar surface area (TPSA) is 17.1 Å². The fourth-order valence-corrected chi connectivity index (χ4v) is 1.24. The first-order chi connectivity index (χ1) is 6.32. The average molecular weight is 194 g/mol. The quantitative estimate of drug-likeness (QED) is 0.626. The lowest BCUT2D eigenvalue weighted by atomic mass is 9.85. The number of rotatable bonds is 1. The van der Waals surface area contributed by atoms with Crippen molar-refractivity contribution in [3.8, 4) is 0 Å². The lowest BCUT2D eigenvalue weighted by Crippen LogP contribution is -2.21. The van der Waals surface area contributed by atoms with E-state index in [2.05, 4.69) is 0 Å². The van der Waals surface area contributed by atoms with Gasteiger partial charge in [-0.25, -0.2) is 4.39 Å². The van der Waals surface area contributed by atoms with Gasteiger partial charge in [0.1, 0.15) is 5.82 Å². The average Bonchev–Trinajstić information content (AvgIpc) is 2.06. The summed E-state index contributed by atoms with van der Waals surface area (Å²) in [5.74, 6) is -0.377. The molecule has 2 heteroatoms. The summed E-state index contributed by atoms with van der Waals surface area (Å²) in [6.07, 6.45) is 0. The lowest BCUT2D eigenvalue weighted by molar-refractivity contribution is 0.0857. The number of benzene rings is 1. The van der Waals surface area contributed by atoms with E-state index in [0.717, 1.165) is 5.56 Å². The fourth-order valence-electron chi connectivity index (χ4n) is 1.24. The van der Waals surface area contributed by atoms with Crippen LogP contribution < -0.4 is 0 Å². The zero-order valence-electron chi connectivity index (χ0n) is 9.02. The molecular formula is C12H15FO. The van der Waals surface area contributed by atoms with Gasteiger partial charge in [-0.05, 0) is 24.6 Å². The summed E-state index contributed by atoms with van der Waals surface area (Å²) in [6, 6.07) is 4.31. The van der Waals surface area contributed by atoms with Crippen molar-refractivity contribution < 1.29 is 9.18 Å². The van der Waals surface area contributed by atoms with E-state index in [9.17, 15) is 9.18 Å². The molecule has 0 heterocycles. The summed E-state index contributed by atoms with van der Waals surface area (Å²) in [4.78, 5) is 11.9. The number of carbonyl (C=O) groups excluding carboxylic acids is 1. The van der Waals surface area contributed by atoms with Gasteiger partial charge in [-0.3, -0.25) is 4.79 Å². The summed E-state index contributed by atoms with van der Waals surface area (Å²) in [5, 5.41) is 0. The van der Waals surface area contributed by atoms with Crippen LogP contribution in [-0.2, 0) is 0 Å². The number of ketones is 1. The van der Waals surface area contributed by atoms with E-state index in [-0.39, 0.29) is 11.6 Å². The second kappa shape index (κ2) is 3.52. The Morgan fingerprint density at radius 1 is 1.29 bits per heavy atom. The summed E-state index contributed by atoms with van der Waals surface area (Å²) >= 11 is 0. The monoisotopic (exact) mass is 194 g/mol. The maximum atomic E-state index is 12.9. The van der Waals surface area contributed by atoms with Gasteiger partial charge in [0, 0.05) is 11.0 Å². The van der Waals surface area contributed by atoms with Crippen LogP contribution in [0.3, 0.4) is 0 Å². The Balaban J connectivity index is 3.19. The molecule has 0 aliphatic rings. The van der Waals surface area contributed by atoms with Crippen LogP contribution in [0.4, 0.5) is 4.39 Å². The number of halogens is 1. The van der Waals surface area contributed by atoms with Gasteiger partial charge in [-0.15, -0.1) is 0 Å². The number of hydrogen-bond donors (Lipinski definition) is 0. The third kappa shape index (κ3) is 2.19. The van der Waals surface area contributed by atoms with Gasteiger partial charge in [-0.1, -0.05) is 26.8 Å². The van der Waals surface area contributed by atoms with Gasteiger partial charge in [0.25, 0.3) is 0 Å².